The smallest absolute Gasteiger partial charge is 0.325 e. The van der Waals surface area contributed by atoms with Gasteiger partial charge in [0.2, 0.25) is 0 Å². The van der Waals surface area contributed by atoms with Crippen LogP contribution in [0.25, 0.3) is 0 Å². The number of hydrogen-bond donors (Lipinski definition) is 2. The third-order valence-corrected chi connectivity index (χ3v) is 2.57. The molecule has 2 N–H and O–H groups in total. The minimum atomic E-state index is -0.238. The molecule has 1 aromatic carbocycles. The van der Waals surface area contributed by atoms with Gasteiger partial charge in [0.15, 0.2) is 0 Å². The Morgan fingerprint density at radius 1 is 1.41 bits per heavy atom. The number of para-hydroxylation sites is 1. The zero-order chi connectivity index (χ0) is 11.2. The molecule has 0 aliphatic carbocycles. The molecule has 0 saturated carbocycles. The summed E-state index contributed by atoms with van der Waals surface area (Å²) in [6, 6.07) is 9.51. The van der Waals surface area contributed by atoms with Crippen LogP contribution in [0.3, 0.4) is 0 Å². The molecule has 2 rings (SSSR count). The zero-order valence-electron chi connectivity index (χ0n) is 9.52. The van der Waals surface area contributed by atoms with Crippen LogP contribution >= 0.6 is 12.4 Å². The van der Waals surface area contributed by atoms with Crippen molar-refractivity contribution >= 4 is 18.4 Å². The predicted octanol–water partition coefficient (Wildman–Crippen LogP) is 0.965. The summed E-state index contributed by atoms with van der Waals surface area (Å²) in [5.74, 6) is 0.358. The molecule has 0 aromatic heterocycles. The number of ether oxygens (including phenoxy) is 1. The second kappa shape index (κ2) is 7.27. The first kappa shape index (κ1) is 14.0. The number of hydrogen-bond acceptors (Lipinski definition) is 4. The first-order valence-corrected chi connectivity index (χ1v) is 5.54. The van der Waals surface area contributed by atoms with Crippen LogP contribution in [0.5, 0.6) is 5.75 Å². The van der Waals surface area contributed by atoms with E-state index in [-0.39, 0.29) is 24.9 Å². The number of carbonyl (C=O) groups is 1. The highest BCUT2D eigenvalue weighted by Crippen LogP contribution is 2.08. The molecule has 1 fully saturated rings. The lowest BCUT2D eigenvalue weighted by atomic mass is 10.2. The Hall–Kier alpha value is -1.10. The van der Waals surface area contributed by atoms with Crippen molar-refractivity contribution in [2.75, 3.05) is 19.6 Å². The van der Waals surface area contributed by atoms with E-state index < -0.39 is 0 Å². The molecule has 0 radical (unpaired) electrons. The fraction of sp³-hybridized carbons (Fsp3) is 0.417. The van der Waals surface area contributed by atoms with Crippen molar-refractivity contribution in [3.05, 3.63) is 30.3 Å². The molecule has 0 amide bonds. The molecule has 0 spiro atoms. The number of benzene rings is 1. The van der Waals surface area contributed by atoms with E-state index in [1.807, 2.05) is 18.2 Å². The quantitative estimate of drug-likeness (QED) is 0.623. The van der Waals surface area contributed by atoms with Crippen molar-refractivity contribution in [1.29, 1.82) is 0 Å². The van der Waals surface area contributed by atoms with Crippen LogP contribution in [0.2, 0.25) is 0 Å². The lowest BCUT2D eigenvalue weighted by molar-refractivity contribution is -0.133. The van der Waals surface area contributed by atoms with Gasteiger partial charge in [0, 0.05) is 12.6 Å². The van der Waals surface area contributed by atoms with E-state index in [2.05, 4.69) is 10.6 Å². The lowest BCUT2D eigenvalue weighted by Gasteiger charge is -2.10. The summed E-state index contributed by atoms with van der Waals surface area (Å²) in [6.45, 7) is 2.21. The number of carbonyl (C=O) groups excluding carboxylic acids is 1. The van der Waals surface area contributed by atoms with Crippen molar-refractivity contribution in [2.45, 2.75) is 12.5 Å². The van der Waals surface area contributed by atoms with Gasteiger partial charge in [-0.15, -0.1) is 12.4 Å². The van der Waals surface area contributed by atoms with Gasteiger partial charge < -0.3 is 15.4 Å². The van der Waals surface area contributed by atoms with Crippen LogP contribution < -0.4 is 15.4 Å². The zero-order valence-corrected chi connectivity index (χ0v) is 10.3. The van der Waals surface area contributed by atoms with E-state index in [1.165, 1.54) is 0 Å². The van der Waals surface area contributed by atoms with Crippen LogP contribution in [0, 0.1) is 0 Å². The van der Waals surface area contributed by atoms with Gasteiger partial charge in [0.1, 0.15) is 5.75 Å². The van der Waals surface area contributed by atoms with Gasteiger partial charge in [0.05, 0.1) is 6.54 Å². The van der Waals surface area contributed by atoms with Gasteiger partial charge in [0.25, 0.3) is 0 Å². The van der Waals surface area contributed by atoms with Crippen LogP contribution in [-0.4, -0.2) is 31.6 Å². The topological polar surface area (TPSA) is 50.4 Å². The lowest BCUT2D eigenvalue weighted by Crippen LogP contribution is -2.36. The standard InChI is InChI=1S/C12H16N2O2.ClH/c15-12(9-14-10-6-7-13-8-10)16-11-4-2-1-3-5-11;/h1-5,10,13-14H,6-9H2;1H. The van der Waals surface area contributed by atoms with E-state index in [1.54, 1.807) is 12.1 Å². The van der Waals surface area contributed by atoms with Crippen molar-refractivity contribution in [3.8, 4) is 5.75 Å². The van der Waals surface area contributed by atoms with Crippen molar-refractivity contribution in [1.82, 2.24) is 10.6 Å². The number of rotatable bonds is 4. The second-order valence-electron chi connectivity index (χ2n) is 3.86. The van der Waals surface area contributed by atoms with E-state index in [9.17, 15) is 4.79 Å². The molecule has 1 heterocycles. The third kappa shape index (κ3) is 4.73. The summed E-state index contributed by atoms with van der Waals surface area (Å²) in [5.41, 5.74) is 0. The largest absolute Gasteiger partial charge is 0.426 e. The molecular formula is C12H17ClN2O2. The van der Waals surface area contributed by atoms with Gasteiger partial charge >= 0.3 is 5.97 Å². The fourth-order valence-electron chi connectivity index (χ4n) is 1.71. The SMILES string of the molecule is Cl.O=C(CNC1CCNC1)Oc1ccccc1. The average molecular weight is 257 g/mol. The van der Waals surface area contributed by atoms with Crippen molar-refractivity contribution in [2.24, 2.45) is 0 Å². The van der Waals surface area contributed by atoms with Crippen LogP contribution in [0.15, 0.2) is 30.3 Å². The molecular weight excluding hydrogens is 240 g/mol. The molecule has 1 unspecified atom stereocenters. The van der Waals surface area contributed by atoms with Crippen LogP contribution in [0.1, 0.15) is 6.42 Å². The molecule has 17 heavy (non-hydrogen) atoms. The molecule has 94 valence electrons. The van der Waals surface area contributed by atoms with Crippen molar-refractivity contribution < 1.29 is 9.53 Å². The minimum Gasteiger partial charge on any atom is -0.426 e. The van der Waals surface area contributed by atoms with Gasteiger partial charge in [-0.2, -0.15) is 0 Å². The summed E-state index contributed by atoms with van der Waals surface area (Å²) in [5, 5.41) is 6.40. The molecule has 1 saturated heterocycles. The summed E-state index contributed by atoms with van der Waals surface area (Å²) in [4.78, 5) is 11.5. The average Bonchev–Trinajstić information content (AvgIpc) is 2.81. The van der Waals surface area contributed by atoms with Crippen molar-refractivity contribution in [3.63, 3.8) is 0 Å². The normalized spacial score (nSPS) is 18.5. The van der Waals surface area contributed by atoms with Gasteiger partial charge in [-0.05, 0) is 25.1 Å². The molecule has 1 aliphatic rings. The highest BCUT2D eigenvalue weighted by atomic mass is 35.5. The van der Waals surface area contributed by atoms with E-state index >= 15 is 0 Å². The highest BCUT2D eigenvalue weighted by molar-refractivity contribution is 5.85. The molecule has 5 heteroatoms. The van der Waals surface area contributed by atoms with Gasteiger partial charge in [-0.3, -0.25) is 4.79 Å². The van der Waals surface area contributed by atoms with E-state index in [0.29, 0.717) is 11.8 Å². The molecule has 1 atom stereocenters. The second-order valence-corrected chi connectivity index (χ2v) is 3.86. The molecule has 4 nitrogen and oxygen atoms in total. The Kier molecular flexibility index (Phi) is 5.97. The first-order valence-electron chi connectivity index (χ1n) is 5.54. The highest BCUT2D eigenvalue weighted by Gasteiger charge is 2.15. The maximum Gasteiger partial charge on any atom is 0.325 e. The maximum absolute atomic E-state index is 11.5. The van der Waals surface area contributed by atoms with E-state index in [0.717, 1.165) is 19.5 Å². The first-order chi connectivity index (χ1) is 7.84. The number of nitrogens with one attached hydrogen (secondary N) is 2. The minimum absolute atomic E-state index is 0. The van der Waals surface area contributed by atoms with Gasteiger partial charge in [-0.25, -0.2) is 0 Å². The number of esters is 1. The Bertz CT molecular complexity index is 340. The summed E-state index contributed by atoms with van der Waals surface area (Å²) in [6.07, 6.45) is 1.07. The molecule has 1 aromatic rings. The Morgan fingerprint density at radius 2 is 2.18 bits per heavy atom. The van der Waals surface area contributed by atoms with Crippen LogP contribution in [0.4, 0.5) is 0 Å². The fourth-order valence-corrected chi connectivity index (χ4v) is 1.71. The summed E-state index contributed by atoms with van der Waals surface area (Å²) in [7, 11) is 0. The van der Waals surface area contributed by atoms with Crippen LogP contribution in [-0.2, 0) is 4.79 Å². The Morgan fingerprint density at radius 3 is 2.82 bits per heavy atom. The third-order valence-electron chi connectivity index (χ3n) is 2.57. The summed E-state index contributed by atoms with van der Waals surface area (Å²) >= 11 is 0. The predicted molar refractivity (Wildman–Crippen MR) is 68.6 cm³/mol. The van der Waals surface area contributed by atoms with E-state index in [4.69, 9.17) is 4.74 Å². The number of halogens is 1. The summed E-state index contributed by atoms with van der Waals surface area (Å²) < 4.78 is 5.15. The Labute approximate surface area is 107 Å². The molecule has 1 aliphatic heterocycles. The monoisotopic (exact) mass is 256 g/mol. The maximum atomic E-state index is 11.5. The van der Waals surface area contributed by atoms with Gasteiger partial charge in [-0.1, -0.05) is 18.2 Å². The Balaban J connectivity index is 0.00000144. The molecule has 0 bridgehead atoms.